The first-order valence-electron chi connectivity index (χ1n) is 7.39. The first-order valence-corrected chi connectivity index (χ1v) is 8.15. The number of rotatable bonds is 2. The van der Waals surface area contributed by atoms with Gasteiger partial charge in [0.1, 0.15) is 0 Å². The molecule has 118 valence electrons. The van der Waals surface area contributed by atoms with Crippen LogP contribution in [0.1, 0.15) is 17.5 Å². The lowest BCUT2D eigenvalue weighted by Crippen LogP contribution is -2.16. The zero-order valence-electron chi connectivity index (χ0n) is 12.4. The SMILES string of the molecule is O=C1CC(c2ccc(Cl)c(Cl)c2)=C2C(=O)NC(c3ccccc3)=C12. The molecule has 1 N–H and O–H groups in total. The van der Waals surface area contributed by atoms with Crippen LogP contribution in [-0.4, -0.2) is 11.7 Å². The Labute approximate surface area is 148 Å². The number of Topliss-reactive ketones (excluding diaryl/α,β-unsaturated/α-hetero) is 1. The fraction of sp³-hybridized carbons (Fsp3) is 0.0526. The molecule has 0 aromatic heterocycles. The van der Waals surface area contributed by atoms with Crippen LogP contribution < -0.4 is 5.32 Å². The van der Waals surface area contributed by atoms with Crippen LogP contribution >= 0.6 is 23.2 Å². The molecule has 2 aromatic carbocycles. The van der Waals surface area contributed by atoms with Gasteiger partial charge < -0.3 is 5.32 Å². The van der Waals surface area contributed by atoms with Crippen LogP contribution in [0.4, 0.5) is 0 Å². The van der Waals surface area contributed by atoms with Crippen molar-refractivity contribution in [2.45, 2.75) is 6.42 Å². The van der Waals surface area contributed by atoms with Gasteiger partial charge in [-0.05, 0) is 28.8 Å². The van der Waals surface area contributed by atoms with E-state index in [1.807, 2.05) is 30.3 Å². The monoisotopic (exact) mass is 355 g/mol. The summed E-state index contributed by atoms with van der Waals surface area (Å²) in [6, 6.07) is 14.5. The van der Waals surface area contributed by atoms with Gasteiger partial charge in [0, 0.05) is 6.42 Å². The number of ketones is 1. The van der Waals surface area contributed by atoms with E-state index in [9.17, 15) is 9.59 Å². The molecule has 2 aromatic rings. The Balaban J connectivity index is 1.91. The zero-order chi connectivity index (χ0) is 16.8. The summed E-state index contributed by atoms with van der Waals surface area (Å²) >= 11 is 12.0. The quantitative estimate of drug-likeness (QED) is 0.874. The Morgan fingerprint density at radius 1 is 0.833 bits per heavy atom. The Morgan fingerprint density at radius 2 is 1.58 bits per heavy atom. The van der Waals surface area contributed by atoms with Crippen molar-refractivity contribution in [1.82, 2.24) is 5.32 Å². The van der Waals surface area contributed by atoms with Crippen LogP contribution in [-0.2, 0) is 9.59 Å². The van der Waals surface area contributed by atoms with Gasteiger partial charge in [0.25, 0.3) is 5.91 Å². The minimum absolute atomic E-state index is 0.0664. The van der Waals surface area contributed by atoms with Crippen LogP contribution in [0, 0.1) is 0 Å². The van der Waals surface area contributed by atoms with Crippen LogP contribution in [0.3, 0.4) is 0 Å². The Morgan fingerprint density at radius 3 is 2.29 bits per heavy atom. The molecule has 0 bridgehead atoms. The summed E-state index contributed by atoms with van der Waals surface area (Å²) in [5.41, 5.74) is 3.74. The lowest BCUT2D eigenvalue weighted by molar-refractivity contribution is -0.116. The molecule has 1 aliphatic carbocycles. The summed E-state index contributed by atoms with van der Waals surface area (Å²) in [6.07, 6.45) is 0.187. The molecule has 0 saturated heterocycles. The van der Waals surface area contributed by atoms with E-state index >= 15 is 0 Å². The number of benzene rings is 2. The molecule has 0 radical (unpaired) electrons. The number of hydrogen-bond donors (Lipinski definition) is 1. The van der Waals surface area contributed by atoms with E-state index in [0.717, 1.165) is 11.1 Å². The predicted molar refractivity (Wildman–Crippen MR) is 94.5 cm³/mol. The summed E-state index contributed by atoms with van der Waals surface area (Å²) in [5.74, 6) is -0.320. The zero-order valence-corrected chi connectivity index (χ0v) is 13.9. The number of halogens is 2. The van der Waals surface area contributed by atoms with Gasteiger partial charge in [-0.1, -0.05) is 59.6 Å². The van der Waals surface area contributed by atoms with Crippen molar-refractivity contribution in [1.29, 1.82) is 0 Å². The fourth-order valence-electron chi connectivity index (χ4n) is 3.13. The first-order chi connectivity index (χ1) is 11.6. The van der Waals surface area contributed by atoms with E-state index in [2.05, 4.69) is 5.32 Å². The molecular formula is C19H11Cl2NO2. The normalized spacial score (nSPS) is 16.8. The lowest BCUT2D eigenvalue weighted by atomic mass is 10.0. The molecule has 1 aliphatic heterocycles. The average Bonchev–Trinajstić information content (AvgIpc) is 3.10. The van der Waals surface area contributed by atoms with Crippen LogP contribution in [0.15, 0.2) is 59.7 Å². The molecule has 0 unspecified atom stereocenters. The van der Waals surface area contributed by atoms with Gasteiger partial charge in [-0.2, -0.15) is 0 Å². The largest absolute Gasteiger partial charge is 0.321 e. The van der Waals surface area contributed by atoms with E-state index in [1.165, 1.54) is 0 Å². The molecule has 5 heteroatoms. The Bertz CT molecular complexity index is 959. The van der Waals surface area contributed by atoms with Crippen molar-refractivity contribution in [3.8, 4) is 0 Å². The number of allylic oxidation sites excluding steroid dienone is 1. The lowest BCUT2D eigenvalue weighted by Gasteiger charge is -2.06. The highest BCUT2D eigenvalue weighted by molar-refractivity contribution is 6.42. The number of hydrogen-bond acceptors (Lipinski definition) is 2. The van der Waals surface area contributed by atoms with Crippen molar-refractivity contribution in [2.24, 2.45) is 0 Å². The highest BCUT2D eigenvalue weighted by Crippen LogP contribution is 2.43. The molecular weight excluding hydrogens is 345 g/mol. The summed E-state index contributed by atoms with van der Waals surface area (Å²) in [4.78, 5) is 25.1. The van der Waals surface area contributed by atoms with Gasteiger partial charge in [-0.3, -0.25) is 9.59 Å². The maximum atomic E-state index is 12.6. The van der Waals surface area contributed by atoms with Crippen molar-refractivity contribution in [2.75, 3.05) is 0 Å². The molecule has 4 rings (SSSR count). The molecule has 0 saturated carbocycles. The Kier molecular flexibility index (Phi) is 3.56. The van der Waals surface area contributed by atoms with Gasteiger partial charge >= 0.3 is 0 Å². The standard InChI is InChI=1S/C19H11Cl2NO2/c20-13-7-6-11(8-14(13)21)12-9-15(23)17-16(12)19(24)22-18(17)10-4-2-1-3-5-10/h1-8H,9H2,(H,22,24). The Hall–Kier alpha value is -2.36. The highest BCUT2D eigenvalue weighted by atomic mass is 35.5. The van der Waals surface area contributed by atoms with E-state index in [0.29, 0.717) is 32.5 Å². The van der Waals surface area contributed by atoms with Crippen molar-refractivity contribution in [3.63, 3.8) is 0 Å². The molecule has 0 fully saturated rings. The molecule has 1 amide bonds. The molecule has 0 atom stereocenters. The van der Waals surface area contributed by atoms with Gasteiger partial charge in [0.05, 0.1) is 26.9 Å². The number of carbonyl (C=O) groups is 2. The third-order valence-corrected chi connectivity index (χ3v) is 4.95. The highest BCUT2D eigenvalue weighted by Gasteiger charge is 2.40. The van der Waals surface area contributed by atoms with E-state index in [-0.39, 0.29) is 18.1 Å². The van der Waals surface area contributed by atoms with Gasteiger partial charge in [-0.15, -0.1) is 0 Å². The van der Waals surface area contributed by atoms with Crippen molar-refractivity contribution >= 4 is 46.2 Å². The second kappa shape index (κ2) is 5.62. The maximum absolute atomic E-state index is 12.6. The van der Waals surface area contributed by atoms with E-state index in [1.54, 1.807) is 18.2 Å². The topological polar surface area (TPSA) is 46.2 Å². The molecule has 24 heavy (non-hydrogen) atoms. The van der Waals surface area contributed by atoms with Crippen LogP contribution in [0.5, 0.6) is 0 Å². The second-order valence-electron chi connectivity index (χ2n) is 5.65. The van der Waals surface area contributed by atoms with Crippen LogP contribution in [0.2, 0.25) is 10.0 Å². The first kappa shape index (κ1) is 15.2. The minimum atomic E-state index is -0.254. The summed E-state index contributed by atoms with van der Waals surface area (Å²) in [6.45, 7) is 0. The summed E-state index contributed by atoms with van der Waals surface area (Å²) < 4.78 is 0. The van der Waals surface area contributed by atoms with Gasteiger partial charge in [0.15, 0.2) is 5.78 Å². The van der Waals surface area contributed by atoms with Gasteiger partial charge in [0.2, 0.25) is 0 Å². The number of fused-ring (bicyclic) bond motifs is 1. The number of nitrogens with one attached hydrogen (secondary N) is 1. The molecule has 1 heterocycles. The van der Waals surface area contributed by atoms with E-state index < -0.39 is 0 Å². The summed E-state index contributed by atoms with van der Waals surface area (Å²) in [7, 11) is 0. The maximum Gasteiger partial charge on any atom is 0.256 e. The number of amides is 1. The molecule has 3 nitrogen and oxygen atoms in total. The average molecular weight is 356 g/mol. The molecule has 2 aliphatic rings. The number of carbonyl (C=O) groups excluding carboxylic acids is 2. The molecule has 0 spiro atoms. The van der Waals surface area contributed by atoms with Crippen molar-refractivity contribution in [3.05, 3.63) is 80.8 Å². The predicted octanol–water partition coefficient (Wildman–Crippen LogP) is 4.26. The minimum Gasteiger partial charge on any atom is -0.321 e. The summed E-state index contributed by atoms with van der Waals surface area (Å²) in [5, 5.41) is 3.67. The smallest absolute Gasteiger partial charge is 0.256 e. The van der Waals surface area contributed by atoms with E-state index in [4.69, 9.17) is 23.2 Å². The van der Waals surface area contributed by atoms with Crippen molar-refractivity contribution < 1.29 is 9.59 Å². The third kappa shape index (κ3) is 2.29. The third-order valence-electron chi connectivity index (χ3n) is 4.21. The second-order valence-corrected chi connectivity index (χ2v) is 6.47. The van der Waals surface area contributed by atoms with Crippen LogP contribution in [0.25, 0.3) is 11.3 Å². The van der Waals surface area contributed by atoms with Gasteiger partial charge in [-0.25, -0.2) is 0 Å². The fourth-order valence-corrected chi connectivity index (χ4v) is 3.43.